The van der Waals surface area contributed by atoms with Gasteiger partial charge in [0.25, 0.3) is 10.0 Å². The largest absolute Gasteiger partial charge is 0.352 e. The highest BCUT2D eigenvalue weighted by Crippen LogP contribution is 2.26. The molecule has 0 aliphatic rings. The zero-order valence-electron chi connectivity index (χ0n) is 23.7. The minimum absolute atomic E-state index is 0.0694. The van der Waals surface area contributed by atoms with Crippen LogP contribution >= 0.6 is 11.6 Å². The molecule has 0 aromatic heterocycles. The molecule has 0 unspecified atom stereocenters. The van der Waals surface area contributed by atoms with Gasteiger partial charge < -0.3 is 10.2 Å². The van der Waals surface area contributed by atoms with Crippen LogP contribution in [0.25, 0.3) is 0 Å². The molecule has 0 aliphatic heterocycles. The van der Waals surface area contributed by atoms with Crippen molar-refractivity contribution in [1.29, 1.82) is 0 Å². The lowest BCUT2D eigenvalue weighted by molar-refractivity contribution is -0.140. The van der Waals surface area contributed by atoms with Gasteiger partial charge in [0.2, 0.25) is 11.8 Å². The Balaban J connectivity index is 2.04. The summed E-state index contributed by atoms with van der Waals surface area (Å²) in [4.78, 5) is 28.9. The second-order valence-corrected chi connectivity index (χ2v) is 12.3. The molecule has 1 N–H and O–H groups in total. The number of aryl methyl sites for hydroxylation is 2. The highest BCUT2D eigenvalue weighted by atomic mass is 35.5. The number of sulfonamides is 1. The number of amides is 2. The number of hydrogen-bond acceptors (Lipinski definition) is 4. The van der Waals surface area contributed by atoms with Crippen molar-refractivity contribution in [3.8, 4) is 0 Å². The summed E-state index contributed by atoms with van der Waals surface area (Å²) in [5, 5.41) is 3.53. The van der Waals surface area contributed by atoms with Crippen LogP contribution in [0.5, 0.6) is 0 Å². The standard InChI is InChI=1S/C31H38ClN3O4S/c1-6-24(5)33-31(37)29(7-2)34(20-25-12-14-26(32)15-13-25)30(36)21-35(27-16-8-22(3)9-17-27)40(38,39)28-18-10-23(4)11-19-28/h8-19,24,29H,6-7,20-21H2,1-5H3,(H,33,37)/t24-,29-/m1/s1. The van der Waals surface area contributed by atoms with Crippen LogP contribution in [0, 0.1) is 13.8 Å². The first kappa shape index (κ1) is 31.2. The van der Waals surface area contributed by atoms with E-state index in [1.54, 1.807) is 60.7 Å². The Labute approximate surface area is 243 Å². The Morgan fingerprint density at radius 2 is 1.40 bits per heavy atom. The molecule has 214 valence electrons. The fourth-order valence-corrected chi connectivity index (χ4v) is 5.76. The third-order valence-electron chi connectivity index (χ3n) is 6.86. The van der Waals surface area contributed by atoms with Gasteiger partial charge in [-0.15, -0.1) is 0 Å². The lowest BCUT2D eigenvalue weighted by Crippen LogP contribution is -2.53. The van der Waals surface area contributed by atoms with E-state index in [4.69, 9.17) is 11.6 Å². The second kappa shape index (κ2) is 13.8. The Hall–Kier alpha value is -3.36. The Bertz CT molecular complexity index is 1390. The topological polar surface area (TPSA) is 86.8 Å². The average Bonchev–Trinajstić information content (AvgIpc) is 2.93. The van der Waals surface area contributed by atoms with E-state index in [2.05, 4.69) is 5.32 Å². The molecule has 0 saturated heterocycles. The molecule has 2 atom stereocenters. The minimum atomic E-state index is -4.10. The summed E-state index contributed by atoms with van der Waals surface area (Å²) in [5.41, 5.74) is 3.02. The number of carbonyl (C=O) groups is 2. The molecule has 0 bridgehead atoms. The van der Waals surface area contributed by atoms with Crippen molar-refractivity contribution >= 4 is 39.1 Å². The molecule has 0 aliphatic carbocycles. The maximum Gasteiger partial charge on any atom is 0.264 e. The number of carbonyl (C=O) groups excluding carboxylic acids is 2. The SMILES string of the molecule is CC[C@@H](C)NC(=O)[C@@H](CC)N(Cc1ccc(Cl)cc1)C(=O)CN(c1ccc(C)cc1)S(=O)(=O)c1ccc(C)cc1. The molecular formula is C31H38ClN3O4S. The van der Waals surface area contributed by atoms with Gasteiger partial charge in [-0.05, 0) is 75.6 Å². The van der Waals surface area contributed by atoms with Gasteiger partial charge in [-0.25, -0.2) is 8.42 Å². The second-order valence-electron chi connectivity index (χ2n) is 10.1. The van der Waals surface area contributed by atoms with Crippen LogP contribution in [0.1, 0.15) is 50.3 Å². The van der Waals surface area contributed by atoms with Crippen molar-refractivity contribution in [2.24, 2.45) is 0 Å². The summed E-state index contributed by atoms with van der Waals surface area (Å²) in [7, 11) is -4.10. The molecule has 0 radical (unpaired) electrons. The zero-order valence-corrected chi connectivity index (χ0v) is 25.3. The average molecular weight is 584 g/mol. The van der Waals surface area contributed by atoms with Crippen LogP contribution in [0.2, 0.25) is 5.02 Å². The highest BCUT2D eigenvalue weighted by molar-refractivity contribution is 7.92. The molecule has 7 nitrogen and oxygen atoms in total. The Morgan fingerprint density at radius 3 is 1.93 bits per heavy atom. The van der Waals surface area contributed by atoms with E-state index < -0.39 is 28.5 Å². The first-order valence-corrected chi connectivity index (χ1v) is 15.3. The van der Waals surface area contributed by atoms with Crippen molar-refractivity contribution in [2.45, 2.75) is 71.0 Å². The van der Waals surface area contributed by atoms with Crippen molar-refractivity contribution in [2.75, 3.05) is 10.8 Å². The van der Waals surface area contributed by atoms with E-state index >= 15 is 0 Å². The van der Waals surface area contributed by atoms with E-state index in [0.717, 1.165) is 27.4 Å². The van der Waals surface area contributed by atoms with Gasteiger partial charge in [-0.3, -0.25) is 13.9 Å². The molecule has 0 saturated carbocycles. The van der Waals surface area contributed by atoms with Gasteiger partial charge in [-0.2, -0.15) is 0 Å². The number of hydrogen-bond donors (Lipinski definition) is 1. The molecule has 9 heteroatoms. The summed E-state index contributed by atoms with van der Waals surface area (Å²) >= 11 is 6.07. The summed E-state index contributed by atoms with van der Waals surface area (Å²) in [6.07, 6.45) is 1.10. The highest BCUT2D eigenvalue weighted by Gasteiger charge is 2.34. The third-order valence-corrected chi connectivity index (χ3v) is 8.90. The summed E-state index contributed by atoms with van der Waals surface area (Å²) in [6, 6.07) is 19.7. The van der Waals surface area contributed by atoms with Crippen molar-refractivity contribution in [3.05, 3.63) is 94.5 Å². The predicted molar refractivity (Wildman–Crippen MR) is 161 cm³/mol. The third kappa shape index (κ3) is 7.86. The van der Waals surface area contributed by atoms with Crippen molar-refractivity contribution in [1.82, 2.24) is 10.2 Å². The molecule has 0 spiro atoms. The first-order chi connectivity index (χ1) is 19.0. The van der Waals surface area contributed by atoms with Crippen LogP contribution in [0.15, 0.2) is 77.7 Å². The molecule has 2 amide bonds. The number of nitrogens with one attached hydrogen (secondary N) is 1. The molecule has 3 aromatic carbocycles. The van der Waals surface area contributed by atoms with Crippen LogP contribution in [0.3, 0.4) is 0 Å². The van der Waals surface area contributed by atoms with E-state index in [-0.39, 0.29) is 23.4 Å². The summed E-state index contributed by atoms with van der Waals surface area (Å²) in [5.74, 6) is -0.764. The number of rotatable bonds is 12. The maximum atomic E-state index is 14.1. The molecular weight excluding hydrogens is 546 g/mol. The van der Waals surface area contributed by atoms with Crippen LogP contribution in [0.4, 0.5) is 5.69 Å². The normalized spacial score (nSPS) is 12.8. The zero-order chi connectivity index (χ0) is 29.4. The summed E-state index contributed by atoms with van der Waals surface area (Å²) < 4.78 is 28.9. The van der Waals surface area contributed by atoms with Crippen LogP contribution < -0.4 is 9.62 Å². The molecule has 0 fully saturated rings. The lowest BCUT2D eigenvalue weighted by Gasteiger charge is -2.33. The van der Waals surface area contributed by atoms with Crippen LogP contribution in [-0.2, 0) is 26.2 Å². The number of benzene rings is 3. The van der Waals surface area contributed by atoms with E-state index in [9.17, 15) is 18.0 Å². The maximum absolute atomic E-state index is 14.1. The van der Waals surface area contributed by atoms with Gasteiger partial charge in [-0.1, -0.05) is 73.0 Å². The molecule has 40 heavy (non-hydrogen) atoms. The smallest absolute Gasteiger partial charge is 0.264 e. The van der Waals surface area contributed by atoms with E-state index in [0.29, 0.717) is 17.1 Å². The van der Waals surface area contributed by atoms with E-state index in [1.807, 2.05) is 34.6 Å². The fourth-order valence-electron chi connectivity index (χ4n) is 4.22. The monoisotopic (exact) mass is 583 g/mol. The lowest BCUT2D eigenvalue weighted by atomic mass is 10.1. The van der Waals surface area contributed by atoms with Crippen molar-refractivity contribution < 1.29 is 18.0 Å². The minimum Gasteiger partial charge on any atom is -0.352 e. The van der Waals surface area contributed by atoms with Gasteiger partial charge >= 0.3 is 0 Å². The fraction of sp³-hybridized carbons (Fsp3) is 0.355. The van der Waals surface area contributed by atoms with Gasteiger partial charge in [0, 0.05) is 17.6 Å². The number of halogens is 1. The Morgan fingerprint density at radius 1 is 0.850 bits per heavy atom. The molecule has 3 aromatic rings. The number of anilines is 1. The van der Waals surface area contributed by atoms with Gasteiger partial charge in [0.1, 0.15) is 12.6 Å². The molecule has 0 heterocycles. The van der Waals surface area contributed by atoms with E-state index in [1.165, 1.54) is 17.0 Å². The van der Waals surface area contributed by atoms with Gasteiger partial charge in [0.15, 0.2) is 0 Å². The van der Waals surface area contributed by atoms with Crippen molar-refractivity contribution in [3.63, 3.8) is 0 Å². The Kier molecular flexibility index (Phi) is 10.8. The first-order valence-electron chi connectivity index (χ1n) is 13.5. The summed E-state index contributed by atoms with van der Waals surface area (Å²) in [6.45, 7) is 9.14. The van der Waals surface area contributed by atoms with Crippen LogP contribution in [-0.4, -0.2) is 43.8 Å². The quantitative estimate of drug-likeness (QED) is 0.289. The van der Waals surface area contributed by atoms with Gasteiger partial charge in [0.05, 0.1) is 10.6 Å². The number of nitrogens with zero attached hydrogens (tertiary/aromatic N) is 2. The predicted octanol–water partition coefficient (Wildman–Crippen LogP) is 5.87. The molecule has 3 rings (SSSR count).